The molecule has 1 rings (SSSR count). The van der Waals surface area contributed by atoms with Crippen LogP contribution in [0.2, 0.25) is 0 Å². The Morgan fingerprint density at radius 2 is 2.22 bits per heavy atom. The predicted octanol–water partition coefficient (Wildman–Crippen LogP) is -0.988. The van der Waals surface area contributed by atoms with Crippen LogP contribution in [-0.2, 0) is 23.1 Å². The smallest absolute Gasteiger partial charge is 1.00 e. The third-order valence-electron chi connectivity index (χ3n) is 2.18. The summed E-state index contributed by atoms with van der Waals surface area (Å²) in [6.07, 6.45) is -0.612. The van der Waals surface area contributed by atoms with Crippen molar-refractivity contribution in [3.8, 4) is 0 Å². The van der Waals surface area contributed by atoms with Crippen molar-refractivity contribution < 1.29 is 65.8 Å². The summed E-state index contributed by atoms with van der Waals surface area (Å²) in [4.78, 5) is 21.3. The van der Waals surface area contributed by atoms with Gasteiger partial charge < -0.3 is 0 Å². The fraction of sp³-hybridized carbons (Fsp3) is 0.300. The van der Waals surface area contributed by atoms with E-state index in [1.54, 1.807) is 19.1 Å². The Labute approximate surface area is 169 Å². The van der Waals surface area contributed by atoms with Crippen molar-refractivity contribution in [3.63, 3.8) is 0 Å². The molecule has 0 fully saturated rings. The maximum Gasteiger partial charge on any atom is 1.00 e. The first-order valence-electron chi connectivity index (χ1n) is 4.73. The number of nitro groups is 1. The molecule has 5 nitrogen and oxygen atoms in total. The Hall–Kier alpha value is 0.998. The van der Waals surface area contributed by atoms with E-state index in [0.29, 0.717) is 16.9 Å². The third kappa shape index (κ3) is 5.55. The summed E-state index contributed by atoms with van der Waals surface area (Å²) in [5.74, 6) is 0.315. The minimum absolute atomic E-state index is 0. The topological polar surface area (TPSA) is 69.4 Å². The Kier molecular flexibility index (Phi) is 9.53. The molecule has 0 aromatic heterocycles. The van der Waals surface area contributed by atoms with Gasteiger partial charge in [0.05, 0.1) is 0 Å². The second kappa shape index (κ2) is 9.03. The zero-order valence-corrected chi connectivity index (χ0v) is 17.8. The van der Waals surface area contributed by atoms with Crippen LogP contribution in [0.15, 0.2) is 18.2 Å². The van der Waals surface area contributed by atoms with Gasteiger partial charge >= 0.3 is 172 Å². The summed E-state index contributed by atoms with van der Waals surface area (Å²) in [5.41, 5.74) is 1.05. The van der Waals surface area contributed by atoms with E-state index in [-0.39, 0.29) is 86.4 Å². The molecule has 0 aliphatic rings. The molecule has 1 atom stereocenters. The van der Waals surface area contributed by atoms with Gasteiger partial charge in [0.25, 0.3) is 0 Å². The molecule has 1 unspecified atom stereocenters. The molecule has 1 aromatic carbocycles. The van der Waals surface area contributed by atoms with Gasteiger partial charge in [-0.2, -0.15) is 0 Å². The molecule has 89 valence electrons. The van der Waals surface area contributed by atoms with Crippen LogP contribution in [0.4, 0.5) is 10.5 Å². The molecule has 0 saturated carbocycles. The number of hydrogen-bond acceptors (Lipinski definition) is 5. The maximum absolute atomic E-state index is 10.9. The van der Waals surface area contributed by atoms with E-state index in [1.165, 1.54) is 6.07 Å². The van der Waals surface area contributed by atoms with E-state index in [0.717, 1.165) is 0 Å². The second-order valence-electron chi connectivity index (χ2n) is 3.34. The molecule has 0 heterocycles. The minimum Gasteiger partial charge on any atom is 1.00 e. The zero-order chi connectivity index (χ0) is 13.0. The number of hydrogen-bond donors (Lipinski definition) is 0. The Morgan fingerprint density at radius 1 is 1.61 bits per heavy atom. The number of rotatable bonds is 4. The number of nitrogens with zero attached hydrogens (tertiary/aromatic N) is 1. The van der Waals surface area contributed by atoms with Crippen molar-refractivity contribution in [1.29, 1.82) is 0 Å². The van der Waals surface area contributed by atoms with E-state index < -0.39 is 11.0 Å². The quantitative estimate of drug-likeness (QED) is 0.237. The Morgan fingerprint density at radius 3 is 2.67 bits per heavy atom. The van der Waals surface area contributed by atoms with Crippen LogP contribution in [0.25, 0.3) is 0 Å². The largest absolute Gasteiger partial charge is 1.00 e. The monoisotopic (exact) mass is 486 g/mol. The number of benzene rings is 1. The molecule has 0 N–H and O–H groups in total. The predicted molar refractivity (Wildman–Crippen MR) is 64.8 cm³/mol. The molecule has 0 aliphatic carbocycles. The summed E-state index contributed by atoms with van der Waals surface area (Å²) < 4.78 is 4.66. The number of ether oxygens (including phenoxy) is 1. The molecule has 3 radical (unpaired) electrons. The normalized spacial score (nSPS) is 11.3. The molecule has 8 heteroatoms. The van der Waals surface area contributed by atoms with Crippen molar-refractivity contribution >= 4 is 47.6 Å². The first kappa shape index (κ1) is 19.0. The van der Waals surface area contributed by atoms with Crippen LogP contribution in [0, 0.1) is 10.1 Å². The average Bonchev–Trinajstić information content (AvgIpc) is 2.27. The van der Waals surface area contributed by atoms with E-state index in [4.69, 9.17) is 17.4 Å². The summed E-state index contributed by atoms with van der Waals surface area (Å²) in [5, 5.41) is 10.9. The van der Waals surface area contributed by atoms with Crippen LogP contribution in [0.5, 0.6) is 0 Å². The van der Waals surface area contributed by atoms with Crippen molar-refractivity contribution in [3.05, 3.63) is 39.4 Å². The first-order chi connectivity index (χ1) is 7.95. The molecular formula is C10H9KNO4PbS. The van der Waals surface area contributed by atoms with Gasteiger partial charge in [-0.25, -0.2) is 0 Å². The summed E-state index contributed by atoms with van der Waals surface area (Å²) in [6, 6.07) is 4.74. The van der Waals surface area contributed by atoms with E-state index >= 15 is 0 Å². The SMILES string of the molecule is CC(O[C](=O)[Pb])c1ccc(C[S-])cc1[N+](=O)[O-].[K+]. The summed E-state index contributed by atoms with van der Waals surface area (Å²) in [7, 11) is 0. The van der Waals surface area contributed by atoms with Gasteiger partial charge in [-0.15, -0.1) is 0 Å². The van der Waals surface area contributed by atoms with E-state index in [2.05, 4.69) is 0 Å². The fourth-order valence-electron chi connectivity index (χ4n) is 1.40. The molecule has 0 spiro atoms. The first-order valence-corrected chi connectivity index (χ1v) is 7.25. The fourth-order valence-corrected chi connectivity index (χ4v) is 2.27. The molecule has 0 amide bonds. The van der Waals surface area contributed by atoms with Crippen molar-refractivity contribution in [2.45, 2.75) is 18.8 Å². The van der Waals surface area contributed by atoms with Crippen LogP contribution in [-0.4, -0.2) is 34.2 Å². The molecule has 0 aliphatic heterocycles. The maximum atomic E-state index is 10.9. The number of carbonyl (C=O) groups is 1. The zero-order valence-electron chi connectivity index (χ0n) is 10.0. The number of carbonyl (C=O) groups excluding carboxylic acids is 1. The summed E-state index contributed by atoms with van der Waals surface area (Å²) in [6.45, 7) is 1.62. The molecular weight excluding hydrogens is 476 g/mol. The van der Waals surface area contributed by atoms with Crippen LogP contribution >= 0.6 is 0 Å². The van der Waals surface area contributed by atoms with Gasteiger partial charge in [0.15, 0.2) is 0 Å². The second-order valence-corrected chi connectivity index (χ2v) is 5.22. The minimum atomic E-state index is -0.612. The van der Waals surface area contributed by atoms with E-state index in [1.807, 2.05) is 0 Å². The van der Waals surface area contributed by atoms with Gasteiger partial charge in [0.1, 0.15) is 0 Å². The van der Waals surface area contributed by atoms with Crippen molar-refractivity contribution in [2.24, 2.45) is 0 Å². The Bertz CT molecular complexity index is 458. The van der Waals surface area contributed by atoms with Gasteiger partial charge in [-0.1, -0.05) is 0 Å². The van der Waals surface area contributed by atoms with Gasteiger partial charge in [-0.05, 0) is 0 Å². The standard InChI is InChI=1S/C10H10NO4S.K.Pb/c1-7(15-6-12)9-3-2-8(5-16)4-10(9)11(13)14;;/h2-4,7,16H,5H2,1H3;;/q;+1;/p-1. The molecule has 18 heavy (non-hydrogen) atoms. The average molecular weight is 486 g/mol. The molecule has 1 aromatic rings. The van der Waals surface area contributed by atoms with Gasteiger partial charge in [0, 0.05) is 0 Å². The van der Waals surface area contributed by atoms with Crippen molar-refractivity contribution in [2.75, 3.05) is 0 Å². The van der Waals surface area contributed by atoms with Gasteiger partial charge in [-0.3, -0.25) is 0 Å². The molecule has 0 bridgehead atoms. The Balaban J connectivity index is 0.00000289. The molecule has 0 saturated heterocycles. The van der Waals surface area contributed by atoms with Crippen molar-refractivity contribution in [1.82, 2.24) is 0 Å². The van der Waals surface area contributed by atoms with Crippen LogP contribution < -0.4 is 51.4 Å². The van der Waals surface area contributed by atoms with E-state index in [9.17, 15) is 14.9 Å². The summed E-state index contributed by atoms with van der Waals surface area (Å²) >= 11 is 5.10. The third-order valence-corrected chi connectivity index (χ3v) is 2.97. The van der Waals surface area contributed by atoms with Crippen LogP contribution in [0.1, 0.15) is 24.2 Å². The number of nitro benzene ring substituents is 1. The van der Waals surface area contributed by atoms with Crippen LogP contribution in [0.3, 0.4) is 0 Å². The van der Waals surface area contributed by atoms with Gasteiger partial charge in [0.2, 0.25) is 0 Å².